The highest BCUT2D eigenvalue weighted by molar-refractivity contribution is 7.08. The third-order valence-electron chi connectivity index (χ3n) is 3.83. The molecule has 2 rings (SSSR count). The van der Waals surface area contributed by atoms with Crippen LogP contribution in [0.25, 0.3) is 5.57 Å². The van der Waals surface area contributed by atoms with E-state index in [-0.39, 0.29) is 0 Å². The van der Waals surface area contributed by atoms with Crippen LogP contribution >= 0.6 is 11.3 Å². The SMILES string of the molecule is CC(C)(C)C1CCC(c2ccsc2)=C(C=O)C1. The number of thiophene rings is 1. The maximum absolute atomic E-state index is 11.3. The van der Waals surface area contributed by atoms with E-state index in [0.717, 1.165) is 24.7 Å². The number of hydrogen-bond acceptors (Lipinski definition) is 2. The van der Waals surface area contributed by atoms with Gasteiger partial charge in [-0.2, -0.15) is 11.3 Å². The number of aldehydes is 1. The molecule has 1 nitrogen and oxygen atoms in total. The average molecular weight is 248 g/mol. The summed E-state index contributed by atoms with van der Waals surface area (Å²) in [5.41, 5.74) is 3.86. The topological polar surface area (TPSA) is 17.1 Å². The predicted molar refractivity (Wildman–Crippen MR) is 74.1 cm³/mol. The van der Waals surface area contributed by atoms with E-state index < -0.39 is 0 Å². The van der Waals surface area contributed by atoms with Crippen molar-refractivity contribution in [1.82, 2.24) is 0 Å². The molecule has 92 valence electrons. The van der Waals surface area contributed by atoms with Crippen molar-refractivity contribution in [3.05, 3.63) is 28.0 Å². The molecule has 1 aliphatic carbocycles. The van der Waals surface area contributed by atoms with Crippen LogP contribution < -0.4 is 0 Å². The van der Waals surface area contributed by atoms with Crippen LogP contribution in [0.15, 0.2) is 22.4 Å². The highest BCUT2D eigenvalue weighted by atomic mass is 32.1. The van der Waals surface area contributed by atoms with Crippen molar-refractivity contribution in [2.24, 2.45) is 11.3 Å². The van der Waals surface area contributed by atoms with E-state index in [9.17, 15) is 4.79 Å². The second-order valence-electron chi connectivity index (χ2n) is 5.94. The van der Waals surface area contributed by atoms with Crippen LogP contribution in [0.3, 0.4) is 0 Å². The maximum atomic E-state index is 11.3. The van der Waals surface area contributed by atoms with Gasteiger partial charge < -0.3 is 0 Å². The molecule has 1 atom stereocenters. The van der Waals surface area contributed by atoms with Gasteiger partial charge in [0.2, 0.25) is 0 Å². The molecule has 0 aromatic carbocycles. The van der Waals surface area contributed by atoms with Crippen molar-refractivity contribution in [1.29, 1.82) is 0 Å². The van der Waals surface area contributed by atoms with Gasteiger partial charge in [-0.1, -0.05) is 20.8 Å². The predicted octanol–water partition coefficient (Wildman–Crippen LogP) is 4.55. The lowest BCUT2D eigenvalue weighted by molar-refractivity contribution is -0.105. The number of rotatable bonds is 2. The van der Waals surface area contributed by atoms with Gasteiger partial charge in [0.1, 0.15) is 6.29 Å². The molecule has 0 bridgehead atoms. The molecular formula is C15H20OS. The minimum atomic E-state index is 0.300. The summed E-state index contributed by atoms with van der Waals surface area (Å²) in [7, 11) is 0. The van der Waals surface area contributed by atoms with Crippen molar-refractivity contribution in [3.8, 4) is 0 Å². The largest absolute Gasteiger partial charge is 0.298 e. The third-order valence-corrected chi connectivity index (χ3v) is 4.52. The number of allylic oxidation sites excluding steroid dienone is 2. The monoisotopic (exact) mass is 248 g/mol. The van der Waals surface area contributed by atoms with Crippen LogP contribution in [-0.2, 0) is 4.79 Å². The van der Waals surface area contributed by atoms with E-state index in [1.165, 1.54) is 17.6 Å². The van der Waals surface area contributed by atoms with Crippen molar-refractivity contribution in [2.75, 3.05) is 0 Å². The minimum absolute atomic E-state index is 0.300. The Morgan fingerprint density at radius 1 is 1.41 bits per heavy atom. The van der Waals surface area contributed by atoms with Gasteiger partial charge in [0.05, 0.1) is 0 Å². The van der Waals surface area contributed by atoms with Gasteiger partial charge in [-0.25, -0.2) is 0 Å². The normalized spacial score (nSPS) is 21.7. The molecule has 0 radical (unpaired) electrons. The smallest absolute Gasteiger partial charge is 0.146 e. The first-order valence-electron chi connectivity index (χ1n) is 6.22. The van der Waals surface area contributed by atoms with Crippen LogP contribution in [0, 0.1) is 11.3 Å². The first-order valence-corrected chi connectivity index (χ1v) is 7.16. The molecule has 0 N–H and O–H groups in total. The lowest BCUT2D eigenvalue weighted by atomic mass is 9.70. The number of carbonyl (C=O) groups is 1. The van der Waals surface area contributed by atoms with Crippen molar-refractivity contribution in [3.63, 3.8) is 0 Å². The van der Waals surface area contributed by atoms with Crippen LogP contribution in [-0.4, -0.2) is 6.29 Å². The average Bonchev–Trinajstić information content (AvgIpc) is 2.80. The maximum Gasteiger partial charge on any atom is 0.146 e. The highest BCUT2D eigenvalue weighted by Crippen LogP contribution is 2.42. The lowest BCUT2D eigenvalue weighted by Crippen LogP contribution is -2.24. The minimum Gasteiger partial charge on any atom is -0.298 e. The van der Waals surface area contributed by atoms with Gasteiger partial charge in [0.25, 0.3) is 0 Å². The highest BCUT2D eigenvalue weighted by Gasteiger charge is 2.30. The zero-order valence-corrected chi connectivity index (χ0v) is 11.6. The quantitative estimate of drug-likeness (QED) is 0.702. The summed E-state index contributed by atoms with van der Waals surface area (Å²) in [5, 5.41) is 4.23. The fourth-order valence-corrected chi connectivity index (χ4v) is 3.27. The third kappa shape index (κ3) is 2.68. The van der Waals surface area contributed by atoms with Crippen LogP contribution in [0.1, 0.15) is 45.6 Å². The van der Waals surface area contributed by atoms with Gasteiger partial charge in [-0.05, 0) is 64.1 Å². The molecule has 0 aliphatic heterocycles. The summed E-state index contributed by atoms with van der Waals surface area (Å²) < 4.78 is 0. The van der Waals surface area contributed by atoms with Crippen LogP contribution in [0.5, 0.6) is 0 Å². The van der Waals surface area contributed by atoms with E-state index in [1.807, 2.05) is 0 Å². The molecule has 0 amide bonds. The van der Waals surface area contributed by atoms with Gasteiger partial charge in [-0.3, -0.25) is 4.79 Å². The Kier molecular flexibility index (Phi) is 3.53. The lowest BCUT2D eigenvalue weighted by Gasteiger charge is -2.35. The Morgan fingerprint density at radius 3 is 2.71 bits per heavy atom. The molecule has 0 spiro atoms. The second kappa shape index (κ2) is 4.77. The first kappa shape index (κ1) is 12.6. The summed E-state index contributed by atoms with van der Waals surface area (Å²) in [4.78, 5) is 11.3. The standard InChI is InChI=1S/C15H20OS/c1-15(2,3)13-4-5-14(12(8-13)9-16)11-6-7-17-10-11/h6-7,9-10,13H,4-5,8H2,1-3H3. The van der Waals surface area contributed by atoms with Crippen molar-refractivity contribution >= 4 is 23.2 Å². The molecule has 1 unspecified atom stereocenters. The van der Waals surface area contributed by atoms with Gasteiger partial charge >= 0.3 is 0 Å². The molecule has 1 aromatic heterocycles. The van der Waals surface area contributed by atoms with E-state index in [0.29, 0.717) is 11.3 Å². The van der Waals surface area contributed by atoms with E-state index in [1.54, 1.807) is 11.3 Å². The Labute approximate surface area is 108 Å². The number of hydrogen-bond donors (Lipinski definition) is 0. The fourth-order valence-electron chi connectivity index (χ4n) is 2.59. The van der Waals surface area contributed by atoms with E-state index >= 15 is 0 Å². The second-order valence-corrected chi connectivity index (χ2v) is 6.72. The van der Waals surface area contributed by atoms with E-state index in [4.69, 9.17) is 0 Å². The molecule has 0 fully saturated rings. The molecule has 17 heavy (non-hydrogen) atoms. The van der Waals surface area contributed by atoms with E-state index in [2.05, 4.69) is 37.6 Å². The Bertz CT molecular complexity index is 420. The van der Waals surface area contributed by atoms with Crippen molar-refractivity contribution < 1.29 is 4.79 Å². The zero-order chi connectivity index (χ0) is 12.5. The van der Waals surface area contributed by atoms with Gasteiger partial charge in [0, 0.05) is 0 Å². The van der Waals surface area contributed by atoms with Crippen molar-refractivity contribution in [2.45, 2.75) is 40.0 Å². The Morgan fingerprint density at radius 2 is 2.18 bits per heavy atom. The summed E-state index contributed by atoms with van der Waals surface area (Å²) in [5.74, 6) is 0.630. The summed E-state index contributed by atoms with van der Waals surface area (Å²) in [6.07, 6.45) is 4.27. The molecule has 0 saturated carbocycles. The van der Waals surface area contributed by atoms with Crippen LogP contribution in [0.2, 0.25) is 0 Å². The molecule has 1 aromatic rings. The van der Waals surface area contributed by atoms with Gasteiger partial charge in [-0.15, -0.1) is 0 Å². The molecule has 2 heteroatoms. The molecular weight excluding hydrogens is 228 g/mol. The summed E-state index contributed by atoms with van der Waals surface area (Å²) in [6, 6.07) is 2.13. The zero-order valence-electron chi connectivity index (χ0n) is 10.8. The summed E-state index contributed by atoms with van der Waals surface area (Å²) >= 11 is 1.70. The van der Waals surface area contributed by atoms with Crippen LogP contribution in [0.4, 0.5) is 0 Å². The van der Waals surface area contributed by atoms with Gasteiger partial charge in [0.15, 0.2) is 0 Å². The fraction of sp³-hybridized carbons (Fsp3) is 0.533. The number of carbonyl (C=O) groups excluding carboxylic acids is 1. The Hall–Kier alpha value is -0.890. The molecule has 1 heterocycles. The summed E-state index contributed by atoms with van der Waals surface area (Å²) in [6.45, 7) is 6.82. The molecule has 0 saturated heterocycles. The Balaban J connectivity index is 2.28. The molecule has 1 aliphatic rings. The first-order chi connectivity index (χ1) is 8.02.